The van der Waals surface area contributed by atoms with E-state index in [1.54, 1.807) is 48.5 Å². The maximum absolute atomic E-state index is 13.2. The normalized spacial score (nSPS) is 15.0. The third-order valence-electron chi connectivity index (χ3n) is 7.64. The lowest BCUT2D eigenvalue weighted by Gasteiger charge is -2.25. The van der Waals surface area contributed by atoms with Crippen molar-refractivity contribution in [2.24, 2.45) is 0 Å². The zero-order valence-corrected chi connectivity index (χ0v) is 23.2. The van der Waals surface area contributed by atoms with Crippen LogP contribution in [0.4, 0.5) is 0 Å². The molecular formula is C32H38N2O6. The van der Waals surface area contributed by atoms with E-state index in [1.807, 2.05) is 0 Å². The van der Waals surface area contributed by atoms with Gasteiger partial charge in [-0.25, -0.2) is 4.79 Å². The van der Waals surface area contributed by atoms with Crippen LogP contribution in [-0.2, 0) is 9.53 Å². The molecule has 0 N–H and O–H groups in total. The van der Waals surface area contributed by atoms with Crippen LogP contribution in [0.15, 0.2) is 48.5 Å². The molecule has 0 aliphatic carbocycles. The lowest BCUT2D eigenvalue weighted by Crippen LogP contribution is -2.45. The van der Waals surface area contributed by atoms with E-state index in [4.69, 9.17) is 4.74 Å². The van der Waals surface area contributed by atoms with Crippen LogP contribution in [0.3, 0.4) is 0 Å². The number of hydrogen-bond donors (Lipinski definition) is 0. The number of benzene rings is 2. The topological polar surface area (TPSA) is 101 Å². The lowest BCUT2D eigenvalue weighted by atomic mass is 10.1. The second kappa shape index (κ2) is 14.0. The molecule has 212 valence electrons. The fourth-order valence-electron chi connectivity index (χ4n) is 5.40. The summed E-state index contributed by atoms with van der Waals surface area (Å²) < 4.78 is 5.56. The largest absolute Gasteiger partial charge is 0.464 e. The van der Waals surface area contributed by atoms with Gasteiger partial charge in [0, 0.05) is 6.54 Å². The van der Waals surface area contributed by atoms with Gasteiger partial charge in [0.2, 0.25) is 0 Å². The molecule has 0 unspecified atom stereocenters. The number of carbonyl (C=O) groups excluding carboxylic acids is 5. The SMILES string of the molecule is CCCCCCCCCCOC(=O)[C@@H](CCCCN1C(=O)c2ccccc2C1=O)N1C(=O)c2ccccc2C1=O. The second-order valence-corrected chi connectivity index (χ2v) is 10.5. The van der Waals surface area contributed by atoms with Crippen molar-refractivity contribution in [1.82, 2.24) is 9.80 Å². The van der Waals surface area contributed by atoms with Crippen LogP contribution in [0.2, 0.25) is 0 Å². The molecule has 0 saturated heterocycles. The molecule has 0 fully saturated rings. The van der Waals surface area contributed by atoms with Gasteiger partial charge in [-0.2, -0.15) is 0 Å². The van der Waals surface area contributed by atoms with Gasteiger partial charge in [-0.1, -0.05) is 76.1 Å². The highest BCUT2D eigenvalue weighted by Gasteiger charge is 2.43. The molecule has 0 bridgehead atoms. The first-order valence-electron chi connectivity index (χ1n) is 14.5. The van der Waals surface area contributed by atoms with E-state index in [9.17, 15) is 24.0 Å². The number of rotatable bonds is 16. The molecule has 2 aliphatic rings. The minimum atomic E-state index is -1.07. The average Bonchev–Trinajstić information content (AvgIpc) is 3.36. The molecule has 0 spiro atoms. The van der Waals surface area contributed by atoms with Crippen molar-refractivity contribution in [2.45, 2.75) is 83.6 Å². The third kappa shape index (κ3) is 6.49. The van der Waals surface area contributed by atoms with Gasteiger partial charge < -0.3 is 4.74 Å². The van der Waals surface area contributed by atoms with Crippen molar-refractivity contribution in [3.05, 3.63) is 70.8 Å². The quantitative estimate of drug-likeness (QED) is 0.150. The number of amides is 4. The van der Waals surface area contributed by atoms with Crippen LogP contribution in [-0.4, -0.2) is 58.6 Å². The summed E-state index contributed by atoms with van der Waals surface area (Å²) in [5.74, 6) is -2.27. The van der Waals surface area contributed by atoms with Gasteiger partial charge in [0.1, 0.15) is 6.04 Å². The molecule has 2 aromatic carbocycles. The van der Waals surface area contributed by atoms with Crippen molar-refractivity contribution < 1.29 is 28.7 Å². The Morgan fingerprint density at radius 3 is 1.65 bits per heavy atom. The van der Waals surface area contributed by atoms with Gasteiger partial charge in [-0.05, 0) is 49.9 Å². The Morgan fingerprint density at radius 2 is 1.12 bits per heavy atom. The van der Waals surface area contributed by atoms with Crippen LogP contribution >= 0.6 is 0 Å². The van der Waals surface area contributed by atoms with Crippen molar-refractivity contribution in [3.8, 4) is 0 Å². The number of ether oxygens (including phenoxy) is 1. The summed E-state index contributed by atoms with van der Waals surface area (Å²) >= 11 is 0. The van der Waals surface area contributed by atoms with Crippen LogP contribution < -0.4 is 0 Å². The monoisotopic (exact) mass is 546 g/mol. The maximum Gasteiger partial charge on any atom is 0.329 e. The summed E-state index contributed by atoms with van der Waals surface area (Å²) in [5.41, 5.74) is 1.33. The number of esters is 1. The molecule has 40 heavy (non-hydrogen) atoms. The zero-order chi connectivity index (χ0) is 28.5. The van der Waals surface area contributed by atoms with E-state index < -0.39 is 23.8 Å². The summed E-state index contributed by atoms with van der Waals surface area (Å²) in [6.07, 6.45) is 9.91. The molecule has 8 nitrogen and oxygen atoms in total. The Balaban J connectivity index is 1.32. The van der Waals surface area contributed by atoms with Crippen molar-refractivity contribution in [3.63, 3.8) is 0 Å². The molecule has 1 atom stereocenters. The number of carbonyl (C=O) groups is 5. The first kappa shape index (κ1) is 29.2. The predicted molar refractivity (Wildman–Crippen MR) is 150 cm³/mol. The van der Waals surface area contributed by atoms with Gasteiger partial charge in [0.25, 0.3) is 23.6 Å². The van der Waals surface area contributed by atoms with E-state index >= 15 is 0 Å². The van der Waals surface area contributed by atoms with Crippen LogP contribution in [0.5, 0.6) is 0 Å². The molecule has 0 aromatic heterocycles. The highest BCUT2D eigenvalue weighted by Crippen LogP contribution is 2.28. The second-order valence-electron chi connectivity index (χ2n) is 10.5. The highest BCUT2D eigenvalue weighted by atomic mass is 16.5. The molecule has 2 aliphatic heterocycles. The Kier molecular flexibility index (Phi) is 10.2. The van der Waals surface area contributed by atoms with Gasteiger partial charge >= 0.3 is 5.97 Å². The first-order chi connectivity index (χ1) is 19.5. The van der Waals surface area contributed by atoms with Crippen LogP contribution in [0.1, 0.15) is 119 Å². The summed E-state index contributed by atoms with van der Waals surface area (Å²) in [7, 11) is 0. The predicted octanol–water partition coefficient (Wildman–Crippen LogP) is 5.80. The van der Waals surface area contributed by atoms with E-state index in [0.29, 0.717) is 24.0 Å². The summed E-state index contributed by atoms with van der Waals surface area (Å²) in [4.78, 5) is 67.0. The summed E-state index contributed by atoms with van der Waals surface area (Å²) in [6.45, 7) is 2.62. The standard InChI is InChI=1S/C32H38N2O6/c1-2-3-4-5-6-7-8-15-22-40-32(39)27(34-30(37)25-18-11-12-19-26(25)31(34)38)20-13-14-21-33-28(35)23-16-9-10-17-24(23)29(33)36/h9-12,16-19,27H,2-8,13-15,20-22H2,1H3/t27-/m1/s1. The van der Waals surface area contributed by atoms with Crippen LogP contribution in [0.25, 0.3) is 0 Å². The number of imide groups is 2. The van der Waals surface area contributed by atoms with Crippen molar-refractivity contribution in [1.29, 1.82) is 0 Å². The minimum Gasteiger partial charge on any atom is -0.464 e. The van der Waals surface area contributed by atoms with Crippen LogP contribution in [0, 0.1) is 0 Å². The molecule has 4 rings (SSSR count). The van der Waals surface area contributed by atoms with Gasteiger partial charge in [-0.3, -0.25) is 29.0 Å². The molecular weight excluding hydrogens is 508 g/mol. The smallest absolute Gasteiger partial charge is 0.329 e. The number of unbranched alkanes of at least 4 members (excludes halogenated alkanes) is 8. The van der Waals surface area contributed by atoms with Gasteiger partial charge in [-0.15, -0.1) is 0 Å². The van der Waals surface area contributed by atoms with Crippen molar-refractivity contribution in [2.75, 3.05) is 13.2 Å². The molecule has 2 heterocycles. The first-order valence-corrected chi connectivity index (χ1v) is 14.5. The maximum atomic E-state index is 13.2. The lowest BCUT2D eigenvalue weighted by molar-refractivity contribution is -0.148. The number of fused-ring (bicyclic) bond motifs is 2. The Labute approximate surface area is 235 Å². The summed E-state index contributed by atoms with van der Waals surface area (Å²) in [6, 6.07) is 12.2. The molecule has 2 aromatic rings. The Hall–Kier alpha value is -3.81. The van der Waals surface area contributed by atoms with Gasteiger partial charge in [0.05, 0.1) is 28.9 Å². The zero-order valence-electron chi connectivity index (χ0n) is 23.2. The Bertz CT molecular complexity index is 1190. The molecule has 0 saturated carbocycles. The number of hydrogen-bond acceptors (Lipinski definition) is 6. The van der Waals surface area contributed by atoms with E-state index in [0.717, 1.165) is 24.2 Å². The summed E-state index contributed by atoms with van der Waals surface area (Å²) in [5, 5.41) is 0. The van der Waals surface area contributed by atoms with E-state index in [-0.39, 0.29) is 42.5 Å². The fraction of sp³-hybridized carbons (Fsp3) is 0.469. The average molecular weight is 547 g/mol. The van der Waals surface area contributed by atoms with E-state index in [1.165, 1.54) is 37.0 Å². The minimum absolute atomic E-state index is 0.185. The molecule has 0 radical (unpaired) electrons. The van der Waals surface area contributed by atoms with Crippen molar-refractivity contribution >= 4 is 29.6 Å². The van der Waals surface area contributed by atoms with Gasteiger partial charge in [0.15, 0.2) is 0 Å². The Morgan fingerprint density at radius 1 is 0.650 bits per heavy atom. The number of nitrogens with zero attached hydrogens (tertiary/aromatic N) is 2. The highest BCUT2D eigenvalue weighted by molar-refractivity contribution is 6.23. The fourth-order valence-corrected chi connectivity index (χ4v) is 5.40. The molecule has 4 amide bonds. The van der Waals surface area contributed by atoms with E-state index in [2.05, 4.69) is 6.92 Å². The molecule has 8 heteroatoms. The third-order valence-corrected chi connectivity index (χ3v) is 7.64.